The number of nitrogens with zero attached hydrogens (tertiary/aromatic N) is 2. The lowest BCUT2D eigenvalue weighted by molar-refractivity contribution is 0.414. The lowest BCUT2D eigenvalue weighted by atomic mass is 10.2. The minimum Gasteiger partial charge on any atom is -0.497 e. The first-order chi connectivity index (χ1) is 7.83. The molecule has 4 heteroatoms. The van der Waals surface area contributed by atoms with E-state index >= 15 is 0 Å². The van der Waals surface area contributed by atoms with Crippen molar-refractivity contribution in [3.8, 4) is 5.75 Å². The fourth-order valence-corrected chi connectivity index (χ4v) is 1.81. The SMILES string of the molecule is COc1cccc(Cn2ccnc2CCl)c1. The summed E-state index contributed by atoms with van der Waals surface area (Å²) in [5, 5.41) is 0. The normalized spacial score (nSPS) is 10.4. The van der Waals surface area contributed by atoms with Crippen molar-refractivity contribution in [1.29, 1.82) is 0 Å². The zero-order valence-corrected chi connectivity index (χ0v) is 9.81. The van der Waals surface area contributed by atoms with Crippen LogP contribution in [-0.4, -0.2) is 16.7 Å². The van der Waals surface area contributed by atoms with Gasteiger partial charge in [-0.15, -0.1) is 11.6 Å². The quantitative estimate of drug-likeness (QED) is 0.764. The molecule has 1 aromatic carbocycles. The van der Waals surface area contributed by atoms with Crippen LogP contribution in [0.2, 0.25) is 0 Å². The molecule has 0 unspecified atom stereocenters. The van der Waals surface area contributed by atoms with Gasteiger partial charge in [0.25, 0.3) is 0 Å². The Morgan fingerprint density at radius 2 is 2.31 bits per heavy atom. The Morgan fingerprint density at radius 1 is 1.44 bits per heavy atom. The predicted octanol–water partition coefficient (Wildman–Crippen LogP) is 2.68. The van der Waals surface area contributed by atoms with Crippen LogP contribution in [0.25, 0.3) is 0 Å². The third-order valence-corrected chi connectivity index (χ3v) is 2.65. The molecule has 0 radical (unpaired) electrons. The van der Waals surface area contributed by atoms with Gasteiger partial charge in [-0.2, -0.15) is 0 Å². The molecular weight excluding hydrogens is 224 g/mol. The number of ether oxygens (including phenoxy) is 1. The number of rotatable bonds is 4. The summed E-state index contributed by atoms with van der Waals surface area (Å²) >= 11 is 5.79. The zero-order valence-electron chi connectivity index (χ0n) is 9.06. The third kappa shape index (κ3) is 2.36. The van der Waals surface area contributed by atoms with E-state index in [2.05, 4.69) is 11.1 Å². The maximum atomic E-state index is 5.79. The van der Waals surface area contributed by atoms with Gasteiger partial charge >= 0.3 is 0 Å². The van der Waals surface area contributed by atoms with Crippen LogP contribution in [0, 0.1) is 0 Å². The van der Waals surface area contributed by atoms with Crippen LogP contribution in [0.1, 0.15) is 11.4 Å². The van der Waals surface area contributed by atoms with Gasteiger partial charge in [0, 0.05) is 18.9 Å². The average molecular weight is 237 g/mol. The third-order valence-electron chi connectivity index (χ3n) is 2.41. The van der Waals surface area contributed by atoms with Gasteiger partial charge in [-0.1, -0.05) is 12.1 Å². The van der Waals surface area contributed by atoms with Crippen molar-refractivity contribution < 1.29 is 4.74 Å². The molecule has 2 rings (SSSR count). The first kappa shape index (κ1) is 11.0. The second-order valence-corrected chi connectivity index (χ2v) is 3.72. The van der Waals surface area contributed by atoms with Crippen molar-refractivity contribution in [2.24, 2.45) is 0 Å². The van der Waals surface area contributed by atoms with Gasteiger partial charge in [-0.05, 0) is 17.7 Å². The molecule has 84 valence electrons. The van der Waals surface area contributed by atoms with Crippen molar-refractivity contribution >= 4 is 11.6 Å². The molecule has 0 atom stereocenters. The van der Waals surface area contributed by atoms with Gasteiger partial charge in [0.05, 0.1) is 13.0 Å². The number of halogens is 1. The fourth-order valence-electron chi connectivity index (χ4n) is 1.58. The predicted molar refractivity (Wildman–Crippen MR) is 63.9 cm³/mol. The van der Waals surface area contributed by atoms with Crippen LogP contribution >= 0.6 is 11.6 Å². The van der Waals surface area contributed by atoms with E-state index in [-0.39, 0.29) is 0 Å². The molecule has 3 nitrogen and oxygen atoms in total. The highest BCUT2D eigenvalue weighted by Gasteiger charge is 2.02. The van der Waals surface area contributed by atoms with Gasteiger partial charge in [-0.3, -0.25) is 0 Å². The Bertz CT molecular complexity index is 468. The maximum absolute atomic E-state index is 5.79. The smallest absolute Gasteiger partial charge is 0.123 e. The molecule has 0 aliphatic rings. The van der Waals surface area contributed by atoms with Crippen LogP contribution in [0.3, 0.4) is 0 Å². The molecule has 16 heavy (non-hydrogen) atoms. The molecule has 0 aliphatic carbocycles. The van der Waals surface area contributed by atoms with Crippen LogP contribution < -0.4 is 4.74 Å². The number of hydrogen-bond acceptors (Lipinski definition) is 2. The largest absolute Gasteiger partial charge is 0.497 e. The second-order valence-electron chi connectivity index (χ2n) is 3.46. The molecule has 0 saturated carbocycles. The van der Waals surface area contributed by atoms with E-state index in [1.54, 1.807) is 13.3 Å². The van der Waals surface area contributed by atoms with E-state index in [9.17, 15) is 0 Å². The van der Waals surface area contributed by atoms with Crippen molar-refractivity contribution in [3.05, 3.63) is 48.0 Å². The Morgan fingerprint density at radius 3 is 3.06 bits per heavy atom. The summed E-state index contributed by atoms with van der Waals surface area (Å²) in [6.07, 6.45) is 3.69. The van der Waals surface area contributed by atoms with Crippen LogP contribution in [-0.2, 0) is 12.4 Å². The zero-order chi connectivity index (χ0) is 11.4. The minimum absolute atomic E-state index is 0.428. The Hall–Kier alpha value is -1.48. The highest BCUT2D eigenvalue weighted by atomic mass is 35.5. The molecular formula is C12H13ClN2O. The number of methoxy groups -OCH3 is 1. The van der Waals surface area contributed by atoms with Crippen LogP contribution in [0.4, 0.5) is 0 Å². The van der Waals surface area contributed by atoms with E-state index < -0.39 is 0 Å². The number of benzene rings is 1. The maximum Gasteiger partial charge on any atom is 0.123 e. The molecule has 2 aromatic rings. The minimum atomic E-state index is 0.428. The van der Waals surface area contributed by atoms with E-state index in [1.165, 1.54) is 5.56 Å². The second kappa shape index (κ2) is 5.03. The monoisotopic (exact) mass is 236 g/mol. The summed E-state index contributed by atoms with van der Waals surface area (Å²) in [5.41, 5.74) is 1.17. The van der Waals surface area contributed by atoms with E-state index in [0.717, 1.165) is 18.1 Å². The van der Waals surface area contributed by atoms with Gasteiger partial charge in [0.15, 0.2) is 0 Å². The molecule has 1 aromatic heterocycles. The van der Waals surface area contributed by atoms with Crippen molar-refractivity contribution in [2.45, 2.75) is 12.4 Å². The molecule has 0 fully saturated rings. The molecule has 1 heterocycles. The summed E-state index contributed by atoms with van der Waals surface area (Å²) in [4.78, 5) is 4.17. The van der Waals surface area contributed by atoms with E-state index in [4.69, 9.17) is 16.3 Å². The lowest BCUT2D eigenvalue weighted by Gasteiger charge is -2.07. The molecule has 0 saturated heterocycles. The van der Waals surface area contributed by atoms with Gasteiger partial charge in [0.1, 0.15) is 11.6 Å². The fraction of sp³-hybridized carbons (Fsp3) is 0.250. The Labute approximate surface area is 99.6 Å². The molecule has 0 bridgehead atoms. The summed E-state index contributed by atoms with van der Waals surface area (Å²) in [7, 11) is 1.67. The topological polar surface area (TPSA) is 27.1 Å². The first-order valence-electron chi connectivity index (χ1n) is 5.02. The average Bonchev–Trinajstić information content (AvgIpc) is 2.76. The highest BCUT2D eigenvalue weighted by Crippen LogP contribution is 2.14. The highest BCUT2D eigenvalue weighted by molar-refractivity contribution is 6.16. The number of aromatic nitrogens is 2. The van der Waals surface area contributed by atoms with E-state index in [0.29, 0.717) is 5.88 Å². The number of hydrogen-bond donors (Lipinski definition) is 0. The summed E-state index contributed by atoms with van der Waals surface area (Å²) in [5.74, 6) is 2.17. The van der Waals surface area contributed by atoms with Crippen molar-refractivity contribution in [2.75, 3.05) is 7.11 Å². The molecule has 0 N–H and O–H groups in total. The number of alkyl halides is 1. The first-order valence-corrected chi connectivity index (χ1v) is 5.56. The molecule has 0 amide bonds. The standard InChI is InChI=1S/C12H13ClN2O/c1-16-11-4-2-3-10(7-11)9-15-6-5-14-12(15)8-13/h2-7H,8-9H2,1H3. The Kier molecular flexibility index (Phi) is 3.47. The Balaban J connectivity index is 2.20. The van der Waals surface area contributed by atoms with Gasteiger partial charge in [-0.25, -0.2) is 4.98 Å². The van der Waals surface area contributed by atoms with Gasteiger partial charge in [0.2, 0.25) is 0 Å². The van der Waals surface area contributed by atoms with E-state index in [1.807, 2.05) is 29.0 Å². The summed E-state index contributed by atoms with van der Waals surface area (Å²) in [6, 6.07) is 7.98. The summed E-state index contributed by atoms with van der Waals surface area (Å²) in [6.45, 7) is 0.763. The van der Waals surface area contributed by atoms with Crippen LogP contribution in [0.5, 0.6) is 5.75 Å². The van der Waals surface area contributed by atoms with Crippen molar-refractivity contribution in [1.82, 2.24) is 9.55 Å². The summed E-state index contributed by atoms with van der Waals surface area (Å²) < 4.78 is 7.21. The molecule has 0 aliphatic heterocycles. The van der Waals surface area contributed by atoms with Crippen molar-refractivity contribution in [3.63, 3.8) is 0 Å². The lowest BCUT2D eigenvalue weighted by Crippen LogP contribution is -2.02. The molecule has 0 spiro atoms. The van der Waals surface area contributed by atoms with Gasteiger partial charge < -0.3 is 9.30 Å². The number of imidazole rings is 1. The van der Waals surface area contributed by atoms with Crippen LogP contribution in [0.15, 0.2) is 36.7 Å².